The van der Waals surface area contributed by atoms with Crippen LogP contribution in [0.4, 0.5) is 5.69 Å². The van der Waals surface area contributed by atoms with Crippen molar-refractivity contribution in [3.63, 3.8) is 0 Å². The highest BCUT2D eigenvalue weighted by Crippen LogP contribution is 2.31. The number of carbonyl (C=O) groups excluding carboxylic acids is 1. The van der Waals surface area contributed by atoms with E-state index in [-0.39, 0.29) is 12.0 Å². The van der Waals surface area contributed by atoms with Gasteiger partial charge in [-0.1, -0.05) is 48.5 Å². The first-order chi connectivity index (χ1) is 13.7. The number of hydrogen-bond acceptors (Lipinski definition) is 4. The van der Waals surface area contributed by atoms with Gasteiger partial charge in [-0.2, -0.15) is 0 Å². The maximum Gasteiger partial charge on any atom is 0.225 e. The van der Waals surface area contributed by atoms with Crippen molar-refractivity contribution in [1.29, 1.82) is 0 Å². The second-order valence-electron chi connectivity index (χ2n) is 7.08. The first-order valence-corrected chi connectivity index (χ1v) is 9.54. The minimum Gasteiger partial charge on any atom is -0.486 e. The fraction of sp³-hybridized carbons (Fsp3) is 0.261. The van der Waals surface area contributed by atoms with Gasteiger partial charge in [0.25, 0.3) is 0 Å². The summed E-state index contributed by atoms with van der Waals surface area (Å²) in [6.07, 6.45) is 0.380. The van der Waals surface area contributed by atoms with Gasteiger partial charge in [0, 0.05) is 30.6 Å². The first kappa shape index (κ1) is 18.3. The topological polar surface area (TPSA) is 50.8 Å². The molecule has 3 aromatic carbocycles. The Kier molecular flexibility index (Phi) is 5.44. The zero-order chi connectivity index (χ0) is 19.3. The summed E-state index contributed by atoms with van der Waals surface area (Å²) >= 11 is 0. The van der Waals surface area contributed by atoms with Crippen LogP contribution in [-0.2, 0) is 4.79 Å². The van der Waals surface area contributed by atoms with E-state index < -0.39 is 0 Å². The summed E-state index contributed by atoms with van der Waals surface area (Å²) in [6.45, 7) is 1.87. The van der Waals surface area contributed by atoms with Crippen molar-refractivity contribution in [3.05, 3.63) is 66.7 Å². The van der Waals surface area contributed by atoms with Crippen LogP contribution in [0.1, 0.15) is 6.42 Å². The van der Waals surface area contributed by atoms with Crippen molar-refractivity contribution in [3.8, 4) is 11.5 Å². The van der Waals surface area contributed by atoms with Crippen LogP contribution in [0.15, 0.2) is 66.7 Å². The first-order valence-electron chi connectivity index (χ1n) is 9.54. The minimum atomic E-state index is -0.0407. The van der Waals surface area contributed by atoms with Crippen molar-refractivity contribution in [2.45, 2.75) is 12.5 Å². The fourth-order valence-electron chi connectivity index (χ4n) is 3.43. The lowest BCUT2D eigenvalue weighted by Gasteiger charge is -2.29. The molecule has 0 fully saturated rings. The molecular formula is C23H24N2O3. The summed E-state index contributed by atoms with van der Waals surface area (Å²) in [5.74, 6) is 1.58. The molecule has 0 bridgehead atoms. The van der Waals surface area contributed by atoms with Crippen molar-refractivity contribution >= 4 is 22.4 Å². The third-order valence-corrected chi connectivity index (χ3v) is 4.87. The van der Waals surface area contributed by atoms with E-state index in [1.807, 2.05) is 73.8 Å². The predicted octanol–water partition coefficient (Wildman–Crippen LogP) is 3.94. The number of nitrogens with zero attached hydrogens (tertiary/aromatic N) is 1. The minimum absolute atomic E-state index is 0.00867. The Hall–Kier alpha value is -3.05. The Balaban J connectivity index is 1.28. The SMILES string of the molecule is CN(CCC(=O)Nc1cccc2ccccc12)C[C@@H]1COc2ccccc2O1. The molecule has 5 heteroatoms. The van der Waals surface area contributed by atoms with Gasteiger partial charge in [0.05, 0.1) is 0 Å². The van der Waals surface area contributed by atoms with Gasteiger partial charge in [0.15, 0.2) is 11.5 Å². The molecule has 0 radical (unpaired) electrons. The number of ether oxygens (including phenoxy) is 2. The summed E-state index contributed by atoms with van der Waals surface area (Å²) in [5, 5.41) is 5.21. The van der Waals surface area contributed by atoms with E-state index in [2.05, 4.69) is 10.2 Å². The molecule has 0 spiro atoms. The van der Waals surface area contributed by atoms with Crippen molar-refractivity contribution in [2.24, 2.45) is 0 Å². The number of fused-ring (bicyclic) bond motifs is 2. The van der Waals surface area contributed by atoms with Gasteiger partial charge in [-0.15, -0.1) is 0 Å². The van der Waals surface area contributed by atoms with E-state index in [0.29, 0.717) is 26.1 Å². The van der Waals surface area contributed by atoms with Crippen LogP contribution in [0.3, 0.4) is 0 Å². The monoisotopic (exact) mass is 376 g/mol. The molecule has 1 atom stereocenters. The second-order valence-corrected chi connectivity index (χ2v) is 7.08. The summed E-state index contributed by atoms with van der Waals surface area (Å²) in [6, 6.07) is 21.7. The highest BCUT2D eigenvalue weighted by molar-refractivity contribution is 6.02. The number of rotatable bonds is 6. The quantitative estimate of drug-likeness (QED) is 0.708. The molecule has 0 aromatic heterocycles. The fourth-order valence-corrected chi connectivity index (χ4v) is 3.43. The van der Waals surface area contributed by atoms with Crippen LogP contribution in [-0.4, -0.2) is 43.7 Å². The number of benzene rings is 3. The standard InChI is InChI=1S/C23H24N2O3/c1-25(15-18-16-27-21-11-4-5-12-22(21)28-18)14-13-23(26)24-20-10-6-8-17-7-2-3-9-19(17)20/h2-12,18H,13-16H2,1H3,(H,24,26)/t18-/m1/s1. The van der Waals surface area contributed by atoms with Crippen molar-refractivity contribution in [1.82, 2.24) is 4.90 Å². The van der Waals surface area contributed by atoms with Crippen LogP contribution >= 0.6 is 0 Å². The van der Waals surface area contributed by atoms with Gasteiger partial charge in [0.2, 0.25) is 5.91 Å². The maximum atomic E-state index is 12.4. The Morgan fingerprint density at radius 2 is 1.79 bits per heavy atom. The molecular weight excluding hydrogens is 352 g/mol. The molecule has 0 aliphatic carbocycles. The molecule has 1 aliphatic heterocycles. The number of para-hydroxylation sites is 2. The molecule has 1 aliphatic rings. The lowest BCUT2D eigenvalue weighted by molar-refractivity contribution is -0.116. The van der Waals surface area contributed by atoms with Crippen molar-refractivity contribution < 1.29 is 14.3 Å². The summed E-state index contributed by atoms with van der Waals surface area (Å²) in [7, 11) is 2.00. The van der Waals surface area contributed by atoms with Gasteiger partial charge >= 0.3 is 0 Å². The molecule has 1 N–H and O–H groups in total. The number of likely N-dealkylation sites (N-methyl/N-ethyl adjacent to an activating group) is 1. The van der Waals surface area contributed by atoms with E-state index in [0.717, 1.165) is 28.0 Å². The smallest absolute Gasteiger partial charge is 0.225 e. The van der Waals surface area contributed by atoms with Gasteiger partial charge in [-0.05, 0) is 30.6 Å². The van der Waals surface area contributed by atoms with Crippen molar-refractivity contribution in [2.75, 3.05) is 32.1 Å². The lowest BCUT2D eigenvalue weighted by atomic mass is 10.1. The Bertz CT molecular complexity index is 967. The van der Waals surface area contributed by atoms with Crippen LogP contribution in [0.2, 0.25) is 0 Å². The number of nitrogens with one attached hydrogen (secondary N) is 1. The lowest BCUT2D eigenvalue weighted by Crippen LogP contribution is -2.40. The zero-order valence-electron chi connectivity index (χ0n) is 15.9. The molecule has 5 nitrogen and oxygen atoms in total. The van der Waals surface area contributed by atoms with E-state index >= 15 is 0 Å². The molecule has 3 aromatic rings. The predicted molar refractivity (Wildman–Crippen MR) is 111 cm³/mol. The summed E-state index contributed by atoms with van der Waals surface area (Å²) < 4.78 is 11.7. The molecule has 0 unspecified atom stereocenters. The van der Waals surface area contributed by atoms with Crippen LogP contribution in [0.5, 0.6) is 11.5 Å². The Morgan fingerprint density at radius 1 is 1.04 bits per heavy atom. The van der Waals surface area contributed by atoms with Gasteiger partial charge in [-0.3, -0.25) is 4.79 Å². The largest absolute Gasteiger partial charge is 0.486 e. The van der Waals surface area contributed by atoms with Crippen LogP contribution in [0, 0.1) is 0 Å². The molecule has 1 heterocycles. The number of anilines is 1. The molecule has 4 rings (SSSR count). The average molecular weight is 376 g/mol. The molecule has 144 valence electrons. The zero-order valence-corrected chi connectivity index (χ0v) is 15.9. The number of hydrogen-bond donors (Lipinski definition) is 1. The van der Waals surface area contributed by atoms with E-state index in [1.54, 1.807) is 0 Å². The van der Waals surface area contributed by atoms with Gasteiger partial charge < -0.3 is 19.7 Å². The molecule has 0 saturated heterocycles. The summed E-state index contributed by atoms with van der Waals surface area (Å²) in [4.78, 5) is 14.5. The Morgan fingerprint density at radius 3 is 2.68 bits per heavy atom. The number of amides is 1. The molecule has 0 saturated carbocycles. The van der Waals surface area contributed by atoms with E-state index in [1.165, 1.54) is 0 Å². The maximum absolute atomic E-state index is 12.4. The highest BCUT2D eigenvalue weighted by atomic mass is 16.6. The second kappa shape index (κ2) is 8.31. The van der Waals surface area contributed by atoms with E-state index in [9.17, 15) is 4.79 Å². The van der Waals surface area contributed by atoms with Crippen LogP contribution < -0.4 is 14.8 Å². The molecule has 28 heavy (non-hydrogen) atoms. The Labute approximate surface area is 164 Å². The normalized spacial score (nSPS) is 15.6. The molecule has 1 amide bonds. The third kappa shape index (κ3) is 4.26. The van der Waals surface area contributed by atoms with Crippen LogP contribution in [0.25, 0.3) is 10.8 Å². The van der Waals surface area contributed by atoms with Gasteiger partial charge in [0.1, 0.15) is 12.7 Å². The van der Waals surface area contributed by atoms with E-state index in [4.69, 9.17) is 9.47 Å². The average Bonchev–Trinajstić information content (AvgIpc) is 2.72. The van der Waals surface area contributed by atoms with Gasteiger partial charge in [-0.25, -0.2) is 0 Å². The highest BCUT2D eigenvalue weighted by Gasteiger charge is 2.22. The third-order valence-electron chi connectivity index (χ3n) is 4.87. The summed E-state index contributed by atoms with van der Waals surface area (Å²) in [5.41, 5.74) is 0.853. The number of carbonyl (C=O) groups is 1.